The Morgan fingerprint density at radius 1 is 0.958 bits per heavy atom. The Labute approximate surface area is 142 Å². The summed E-state index contributed by atoms with van der Waals surface area (Å²) in [7, 11) is 0. The highest BCUT2D eigenvalue weighted by Crippen LogP contribution is 2.35. The van der Waals surface area contributed by atoms with Crippen molar-refractivity contribution in [1.82, 2.24) is 9.38 Å². The third-order valence-electron chi connectivity index (χ3n) is 4.72. The lowest BCUT2D eigenvalue weighted by atomic mass is 9.93. The van der Waals surface area contributed by atoms with Crippen molar-refractivity contribution in [3.63, 3.8) is 0 Å². The van der Waals surface area contributed by atoms with Gasteiger partial charge in [-0.3, -0.25) is 0 Å². The standard InChI is InChI=1S/C21H23N3/c1-15-5-7-17(8-6-15)21-18-4-3-10-23-19(18)14-24-11-9-16(2)12-22-13-20(21)24/h5-9,11-14,22-23H,3-4,10H2,1-2H3. The van der Waals surface area contributed by atoms with Crippen LogP contribution in [0, 0.1) is 13.8 Å². The summed E-state index contributed by atoms with van der Waals surface area (Å²) >= 11 is 0. The zero-order valence-electron chi connectivity index (χ0n) is 14.3. The number of fused-ring (bicyclic) bond motifs is 2. The van der Waals surface area contributed by atoms with Gasteiger partial charge in [0, 0.05) is 36.9 Å². The van der Waals surface area contributed by atoms with Crippen molar-refractivity contribution in [3.8, 4) is 11.1 Å². The maximum absolute atomic E-state index is 3.58. The van der Waals surface area contributed by atoms with Gasteiger partial charge in [0.1, 0.15) is 0 Å². The Bertz CT molecular complexity index is 928. The number of anilines is 1. The first-order valence-electron chi connectivity index (χ1n) is 8.58. The number of hydrogen-bond donors (Lipinski definition) is 2. The van der Waals surface area contributed by atoms with E-state index in [2.05, 4.69) is 77.5 Å². The van der Waals surface area contributed by atoms with Crippen LogP contribution in [-0.2, 0) is 6.42 Å². The fourth-order valence-corrected chi connectivity index (χ4v) is 3.42. The van der Waals surface area contributed by atoms with E-state index in [4.69, 9.17) is 0 Å². The van der Waals surface area contributed by atoms with Crippen molar-refractivity contribution in [2.45, 2.75) is 26.7 Å². The van der Waals surface area contributed by atoms with Crippen molar-refractivity contribution < 1.29 is 0 Å². The number of aromatic nitrogens is 2. The Kier molecular flexibility index (Phi) is 3.77. The van der Waals surface area contributed by atoms with Gasteiger partial charge in [-0.25, -0.2) is 0 Å². The Balaban J connectivity index is 2.09. The Hall–Kier alpha value is -2.68. The zero-order valence-corrected chi connectivity index (χ0v) is 14.3. The summed E-state index contributed by atoms with van der Waals surface area (Å²) in [6.07, 6.45) is 10.8. The van der Waals surface area contributed by atoms with Crippen LogP contribution >= 0.6 is 0 Å². The van der Waals surface area contributed by atoms with E-state index in [0.717, 1.165) is 13.0 Å². The van der Waals surface area contributed by atoms with Crippen LogP contribution in [0.25, 0.3) is 16.6 Å². The summed E-state index contributed by atoms with van der Waals surface area (Å²) in [5.74, 6) is 0. The number of aryl methyl sites for hydroxylation is 2. The summed E-state index contributed by atoms with van der Waals surface area (Å²) in [5, 5.41) is 3.58. The third-order valence-corrected chi connectivity index (χ3v) is 4.72. The smallest absolute Gasteiger partial charge is 0.0693 e. The van der Waals surface area contributed by atoms with Gasteiger partial charge in [0.05, 0.1) is 11.2 Å². The number of benzene rings is 1. The average Bonchev–Trinajstić information content (AvgIpc) is 2.59. The van der Waals surface area contributed by atoms with E-state index in [9.17, 15) is 0 Å². The van der Waals surface area contributed by atoms with Gasteiger partial charge in [-0.1, -0.05) is 29.8 Å². The molecule has 0 spiro atoms. The topological polar surface area (TPSA) is 32.2 Å². The number of nitrogens with one attached hydrogen (secondary N) is 2. The lowest BCUT2D eigenvalue weighted by Crippen LogP contribution is -2.14. The van der Waals surface area contributed by atoms with E-state index in [1.54, 1.807) is 0 Å². The van der Waals surface area contributed by atoms with Gasteiger partial charge in [0.15, 0.2) is 0 Å². The molecule has 0 bridgehead atoms. The molecular formula is C21H23N3. The molecule has 1 aliphatic heterocycles. The van der Waals surface area contributed by atoms with Crippen LogP contribution in [0.4, 0.5) is 5.69 Å². The average molecular weight is 317 g/mol. The van der Waals surface area contributed by atoms with E-state index in [-0.39, 0.29) is 0 Å². The minimum atomic E-state index is 1.05. The maximum Gasteiger partial charge on any atom is 0.0693 e. The summed E-state index contributed by atoms with van der Waals surface area (Å²) < 4.78 is 2.22. The summed E-state index contributed by atoms with van der Waals surface area (Å²) in [5.41, 5.74) is 8.96. The van der Waals surface area contributed by atoms with Crippen molar-refractivity contribution >= 4 is 11.2 Å². The van der Waals surface area contributed by atoms with E-state index in [1.807, 2.05) is 6.20 Å². The Morgan fingerprint density at radius 3 is 2.62 bits per heavy atom. The van der Waals surface area contributed by atoms with E-state index < -0.39 is 0 Å². The van der Waals surface area contributed by atoms with E-state index >= 15 is 0 Å². The normalized spacial score (nSPS) is 13.2. The number of rotatable bonds is 1. The molecule has 0 radical (unpaired) electrons. The van der Waals surface area contributed by atoms with Crippen molar-refractivity contribution in [2.24, 2.45) is 0 Å². The SMILES string of the molecule is Cc1ccc(-c2c3c(cn4ccc(C)c[nH]cc24)NCCC3)cc1. The van der Waals surface area contributed by atoms with Crippen molar-refractivity contribution in [2.75, 3.05) is 11.9 Å². The molecule has 24 heavy (non-hydrogen) atoms. The van der Waals surface area contributed by atoms with E-state index in [1.165, 1.54) is 45.4 Å². The summed E-state index contributed by atoms with van der Waals surface area (Å²) in [4.78, 5) is 3.34. The minimum absolute atomic E-state index is 1.05. The first-order valence-corrected chi connectivity index (χ1v) is 8.58. The van der Waals surface area contributed by atoms with Crippen LogP contribution in [0.5, 0.6) is 0 Å². The molecule has 4 rings (SSSR count). The van der Waals surface area contributed by atoms with Gasteiger partial charge < -0.3 is 14.7 Å². The molecule has 0 aliphatic carbocycles. The molecule has 0 unspecified atom stereocenters. The number of nitrogens with zero attached hydrogens (tertiary/aromatic N) is 1. The van der Waals surface area contributed by atoms with E-state index in [0.29, 0.717) is 0 Å². The predicted octanol–water partition coefficient (Wildman–Crippen LogP) is 5.03. The highest BCUT2D eigenvalue weighted by Gasteiger charge is 2.17. The molecule has 2 aromatic heterocycles. The third kappa shape index (κ3) is 2.67. The monoisotopic (exact) mass is 317 g/mol. The van der Waals surface area contributed by atoms with Crippen LogP contribution in [0.1, 0.15) is 23.1 Å². The number of H-pyrrole nitrogens is 1. The molecule has 1 aromatic carbocycles. The predicted molar refractivity (Wildman–Crippen MR) is 101 cm³/mol. The minimum Gasteiger partial charge on any atom is -0.384 e. The zero-order chi connectivity index (χ0) is 16.5. The first-order chi connectivity index (χ1) is 11.7. The van der Waals surface area contributed by atoms with Crippen LogP contribution in [0.15, 0.2) is 55.1 Å². The second-order valence-corrected chi connectivity index (χ2v) is 6.60. The molecular weight excluding hydrogens is 294 g/mol. The molecule has 3 heteroatoms. The number of hydrogen-bond acceptors (Lipinski definition) is 1. The second-order valence-electron chi connectivity index (χ2n) is 6.60. The molecule has 0 saturated carbocycles. The highest BCUT2D eigenvalue weighted by molar-refractivity contribution is 5.86. The largest absolute Gasteiger partial charge is 0.384 e. The van der Waals surface area contributed by atoms with Gasteiger partial charge >= 0.3 is 0 Å². The molecule has 3 aromatic rings. The Morgan fingerprint density at radius 2 is 1.79 bits per heavy atom. The van der Waals surface area contributed by atoms with Crippen molar-refractivity contribution in [1.29, 1.82) is 0 Å². The first kappa shape index (κ1) is 14.9. The molecule has 0 atom stereocenters. The fraction of sp³-hybridized carbons (Fsp3) is 0.238. The molecule has 3 heterocycles. The number of aromatic amines is 1. The van der Waals surface area contributed by atoms with Crippen LogP contribution in [0.3, 0.4) is 0 Å². The van der Waals surface area contributed by atoms with Gasteiger partial charge in [-0.05, 0) is 49.4 Å². The molecule has 0 amide bonds. The van der Waals surface area contributed by atoms with Gasteiger partial charge in [-0.2, -0.15) is 0 Å². The lowest BCUT2D eigenvalue weighted by Gasteiger charge is -2.23. The molecule has 0 fully saturated rings. The van der Waals surface area contributed by atoms with Crippen LogP contribution < -0.4 is 5.32 Å². The molecule has 2 N–H and O–H groups in total. The molecule has 1 aliphatic rings. The van der Waals surface area contributed by atoms with Crippen molar-refractivity contribution in [3.05, 3.63) is 71.8 Å². The summed E-state index contributed by atoms with van der Waals surface area (Å²) in [6.45, 7) is 5.28. The molecule has 0 saturated heterocycles. The van der Waals surface area contributed by atoms with Gasteiger partial charge in [0.25, 0.3) is 0 Å². The van der Waals surface area contributed by atoms with Gasteiger partial charge in [-0.15, -0.1) is 0 Å². The fourth-order valence-electron chi connectivity index (χ4n) is 3.42. The van der Waals surface area contributed by atoms with Crippen LogP contribution in [0.2, 0.25) is 0 Å². The maximum atomic E-state index is 3.58. The van der Waals surface area contributed by atoms with Gasteiger partial charge in [0.2, 0.25) is 0 Å². The molecule has 3 nitrogen and oxygen atoms in total. The molecule has 122 valence electrons. The lowest BCUT2D eigenvalue weighted by molar-refractivity contribution is 0.827. The second kappa shape index (κ2) is 6.08. The number of pyridine rings is 1. The quantitative estimate of drug-likeness (QED) is 0.648. The highest BCUT2D eigenvalue weighted by atomic mass is 14.9. The summed E-state index contributed by atoms with van der Waals surface area (Å²) in [6, 6.07) is 11.0. The van der Waals surface area contributed by atoms with Crippen LogP contribution in [-0.4, -0.2) is 15.9 Å².